The van der Waals surface area contributed by atoms with Crippen LogP contribution in [0.4, 0.5) is 0 Å². The molecule has 12 heavy (non-hydrogen) atoms. The van der Waals surface area contributed by atoms with Crippen LogP contribution < -0.4 is 5.43 Å². The molecule has 0 amide bonds. The summed E-state index contributed by atoms with van der Waals surface area (Å²) in [4.78, 5) is 11.2. The Morgan fingerprint density at radius 3 is 2.58 bits per heavy atom. The van der Waals surface area contributed by atoms with Gasteiger partial charge in [-0.1, -0.05) is 25.4 Å². The van der Waals surface area contributed by atoms with Crippen molar-refractivity contribution < 1.29 is 4.42 Å². The second-order valence-corrected chi connectivity index (χ2v) is 2.90. The minimum absolute atomic E-state index is 0.142. The lowest BCUT2D eigenvalue weighted by molar-refractivity contribution is 0.454. The normalized spacial score (nSPS) is 10.2. The molecule has 0 radical (unpaired) electrons. The Morgan fingerprint density at radius 2 is 2.08 bits per heavy atom. The van der Waals surface area contributed by atoms with Crippen molar-refractivity contribution in [3.05, 3.63) is 32.8 Å². The molecule has 0 aliphatic carbocycles. The highest BCUT2D eigenvalue weighted by Crippen LogP contribution is 2.13. The van der Waals surface area contributed by atoms with E-state index in [1.165, 1.54) is 6.07 Å². The Morgan fingerprint density at radius 1 is 1.42 bits per heavy atom. The molecule has 66 valence electrons. The van der Waals surface area contributed by atoms with Gasteiger partial charge in [-0.2, -0.15) is 0 Å². The summed E-state index contributed by atoms with van der Waals surface area (Å²) in [6.07, 6.45) is 1.38. The third kappa shape index (κ3) is 1.69. The molecule has 3 heteroatoms. The molecular formula is C9H11ClO2. The molecule has 0 atom stereocenters. The van der Waals surface area contributed by atoms with Crippen LogP contribution in [0.25, 0.3) is 0 Å². The first-order valence-electron chi connectivity index (χ1n) is 4.00. The van der Waals surface area contributed by atoms with Crippen molar-refractivity contribution in [1.29, 1.82) is 0 Å². The van der Waals surface area contributed by atoms with Crippen molar-refractivity contribution in [2.45, 2.75) is 26.7 Å². The average molecular weight is 187 g/mol. The summed E-state index contributed by atoms with van der Waals surface area (Å²) in [5, 5.41) is 0.217. The van der Waals surface area contributed by atoms with Gasteiger partial charge in [-0.05, 0) is 0 Å². The fourth-order valence-corrected chi connectivity index (χ4v) is 1.21. The number of rotatable bonds is 2. The van der Waals surface area contributed by atoms with Gasteiger partial charge < -0.3 is 4.42 Å². The van der Waals surface area contributed by atoms with Gasteiger partial charge in [-0.25, -0.2) is 0 Å². The Hall–Kier alpha value is -0.760. The van der Waals surface area contributed by atoms with E-state index in [2.05, 4.69) is 0 Å². The number of aryl methyl sites for hydroxylation is 2. The molecular weight excluding hydrogens is 176 g/mol. The second-order valence-electron chi connectivity index (χ2n) is 2.52. The molecule has 0 spiro atoms. The highest BCUT2D eigenvalue weighted by Gasteiger charge is 2.06. The van der Waals surface area contributed by atoms with Gasteiger partial charge in [-0.3, -0.25) is 4.79 Å². The summed E-state index contributed by atoms with van der Waals surface area (Å²) in [5.74, 6) is 1.28. The molecule has 0 saturated heterocycles. The van der Waals surface area contributed by atoms with Gasteiger partial charge in [0, 0.05) is 18.9 Å². The number of hydrogen-bond donors (Lipinski definition) is 0. The Balaban J connectivity index is 3.29. The fourth-order valence-electron chi connectivity index (χ4n) is 0.981. The molecule has 0 aliphatic heterocycles. The monoisotopic (exact) mass is 186 g/mol. The van der Waals surface area contributed by atoms with E-state index in [1.807, 2.05) is 13.8 Å². The minimum Gasteiger partial charge on any atom is -0.464 e. The molecule has 0 saturated carbocycles. The first-order valence-corrected chi connectivity index (χ1v) is 4.38. The Kier molecular flexibility index (Phi) is 2.93. The van der Waals surface area contributed by atoms with Crippen molar-refractivity contribution in [3.63, 3.8) is 0 Å². The Bertz CT molecular complexity index is 328. The predicted molar refractivity (Wildman–Crippen MR) is 48.7 cm³/mol. The van der Waals surface area contributed by atoms with Crippen molar-refractivity contribution in [1.82, 2.24) is 0 Å². The van der Waals surface area contributed by atoms with Crippen molar-refractivity contribution in [2.75, 3.05) is 0 Å². The largest absolute Gasteiger partial charge is 0.464 e. The van der Waals surface area contributed by atoms with E-state index in [4.69, 9.17) is 16.0 Å². The summed E-state index contributed by atoms with van der Waals surface area (Å²) in [6, 6.07) is 1.45. The predicted octanol–water partition coefficient (Wildman–Crippen LogP) is 2.42. The van der Waals surface area contributed by atoms with E-state index in [0.717, 1.165) is 6.42 Å². The summed E-state index contributed by atoms with van der Waals surface area (Å²) in [7, 11) is 0. The van der Waals surface area contributed by atoms with Crippen molar-refractivity contribution in [2.24, 2.45) is 0 Å². The SMILES string of the molecule is CCc1cc(=O)c(Cl)c(CC)o1. The van der Waals surface area contributed by atoms with Gasteiger partial charge in [0.1, 0.15) is 16.5 Å². The lowest BCUT2D eigenvalue weighted by Crippen LogP contribution is -2.04. The highest BCUT2D eigenvalue weighted by molar-refractivity contribution is 6.31. The molecule has 1 aromatic rings. The van der Waals surface area contributed by atoms with Crippen LogP contribution in [0.1, 0.15) is 25.4 Å². The van der Waals surface area contributed by atoms with Crippen LogP contribution in [0.3, 0.4) is 0 Å². The van der Waals surface area contributed by atoms with Gasteiger partial charge in [0.15, 0.2) is 0 Å². The molecule has 1 rings (SSSR count). The van der Waals surface area contributed by atoms with Crippen LogP contribution in [0.15, 0.2) is 15.3 Å². The Labute approximate surface area is 76.2 Å². The number of halogens is 1. The zero-order chi connectivity index (χ0) is 9.14. The highest BCUT2D eigenvalue weighted by atomic mass is 35.5. The molecule has 1 heterocycles. The first kappa shape index (κ1) is 9.33. The topological polar surface area (TPSA) is 30.2 Å². The van der Waals surface area contributed by atoms with Crippen molar-refractivity contribution >= 4 is 11.6 Å². The molecule has 2 nitrogen and oxygen atoms in total. The maximum Gasteiger partial charge on any atom is 0.203 e. The van der Waals surface area contributed by atoms with Gasteiger partial charge in [0.05, 0.1) is 0 Å². The van der Waals surface area contributed by atoms with E-state index in [9.17, 15) is 4.79 Å². The molecule has 0 fully saturated rings. The van der Waals surface area contributed by atoms with Crippen LogP contribution in [-0.4, -0.2) is 0 Å². The molecule has 0 aliphatic rings. The van der Waals surface area contributed by atoms with E-state index in [1.54, 1.807) is 0 Å². The molecule has 0 bridgehead atoms. The molecule has 1 aromatic heterocycles. The second kappa shape index (κ2) is 3.76. The van der Waals surface area contributed by atoms with Crippen LogP contribution in [-0.2, 0) is 12.8 Å². The lowest BCUT2D eigenvalue weighted by Gasteiger charge is -2.01. The summed E-state index contributed by atoms with van der Waals surface area (Å²) >= 11 is 5.72. The zero-order valence-corrected chi connectivity index (χ0v) is 7.94. The van der Waals surface area contributed by atoms with Gasteiger partial charge in [-0.15, -0.1) is 0 Å². The van der Waals surface area contributed by atoms with Gasteiger partial charge in [0.25, 0.3) is 0 Å². The van der Waals surface area contributed by atoms with Crippen LogP contribution in [0.2, 0.25) is 5.02 Å². The van der Waals surface area contributed by atoms with Crippen LogP contribution in [0, 0.1) is 0 Å². The maximum absolute atomic E-state index is 11.2. The van der Waals surface area contributed by atoms with Gasteiger partial charge >= 0.3 is 0 Å². The summed E-state index contributed by atoms with van der Waals surface area (Å²) in [5.41, 5.74) is -0.142. The quantitative estimate of drug-likeness (QED) is 0.710. The van der Waals surface area contributed by atoms with E-state index in [-0.39, 0.29) is 10.5 Å². The van der Waals surface area contributed by atoms with E-state index < -0.39 is 0 Å². The molecule has 0 N–H and O–H groups in total. The van der Waals surface area contributed by atoms with Crippen molar-refractivity contribution in [3.8, 4) is 0 Å². The fraction of sp³-hybridized carbons (Fsp3) is 0.444. The third-order valence-corrected chi connectivity index (χ3v) is 2.07. The minimum atomic E-state index is -0.142. The van der Waals surface area contributed by atoms with E-state index in [0.29, 0.717) is 17.9 Å². The average Bonchev–Trinajstić information content (AvgIpc) is 2.09. The summed E-state index contributed by atoms with van der Waals surface area (Å²) in [6.45, 7) is 3.84. The summed E-state index contributed by atoms with van der Waals surface area (Å²) < 4.78 is 5.36. The van der Waals surface area contributed by atoms with Gasteiger partial charge in [0.2, 0.25) is 5.43 Å². The lowest BCUT2D eigenvalue weighted by atomic mass is 10.2. The van der Waals surface area contributed by atoms with E-state index >= 15 is 0 Å². The first-order chi connectivity index (χ1) is 5.69. The zero-order valence-electron chi connectivity index (χ0n) is 7.19. The molecule has 0 unspecified atom stereocenters. The number of hydrogen-bond acceptors (Lipinski definition) is 2. The maximum atomic E-state index is 11.2. The smallest absolute Gasteiger partial charge is 0.203 e. The van der Waals surface area contributed by atoms with Crippen LogP contribution in [0.5, 0.6) is 0 Å². The van der Waals surface area contributed by atoms with Crippen LogP contribution >= 0.6 is 11.6 Å². The standard InChI is InChI=1S/C9H11ClO2/c1-3-6-5-7(11)9(10)8(4-2)12-6/h5H,3-4H2,1-2H3. The third-order valence-electron chi connectivity index (χ3n) is 1.68. The molecule has 0 aromatic carbocycles.